The van der Waals surface area contributed by atoms with E-state index in [0.717, 1.165) is 23.6 Å². The van der Waals surface area contributed by atoms with Gasteiger partial charge < -0.3 is 10.6 Å². The van der Waals surface area contributed by atoms with Gasteiger partial charge in [0.1, 0.15) is 0 Å². The smallest absolute Gasteiger partial charge is 0.0381 e. The first kappa shape index (κ1) is 11.0. The van der Waals surface area contributed by atoms with Crippen molar-refractivity contribution in [2.45, 2.75) is 25.8 Å². The normalized spacial score (nSPS) is 15.3. The first-order valence-corrected chi connectivity index (χ1v) is 6.28. The maximum atomic E-state index is 3.49. The van der Waals surface area contributed by atoms with E-state index in [0.29, 0.717) is 0 Å². The van der Waals surface area contributed by atoms with Gasteiger partial charge in [-0.3, -0.25) is 0 Å². The fraction of sp³-hybridized carbons (Fsp3) is 0.500. The van der Waals surface area contributed by atoms with E-state index in [1.807, 2.05) is 0 Å². The van der Waals surface area contributed by atoms with Crippen LogP contribution in [0, 0.1) is 6.92 Å². The minimum atomic E-state index is 0.801. The number of hydrogen-bond acceptors (Lipinski definition) is 2. The van der Waals surface area contributed by atoms with Gasteiger partial charge in [0.05, 0.1) is 0 Å². The summed E-state index contributed by atoms with van der Waals surface area (Å²) in [6.07, 6.45) is 2.71. The van der Waals surface area contributed by atoms with Crippen molar-refractivity contribution in [3.63, 3.8) is 0 Å². The Bertz CT molecular complexity index is 334. The molecule has 2 rings (SSSR count). The van der Waals surface area contributed by atoms with Crippen molar-refractivity contribution in [1.82, 2.24) is 5.32 Å². The summed E-state index contributed by atoms with van der Waals surface area (Å²) >= 11 is 3.48. The van der Waals surface area contributed by atoms with Crippen molar-refractivity contribution >= 4 is 21.6 Å². The molecule has 1 fully saturated rings. The van der Waals surface area contributed by atoms with Crippen LogP contribution in [-0.4, -0.2) is 19.1 Å². The quantitative estimate of drug-likeness (QED) is 0.803. The van der Waals surface area contributed by atoms with Gasteiger partial charge in [-0.05, 0) is 37.5 Å². The Morgan fingerprint density at radius 3 is 2.87 bits per heavy atom. The molecule has 2 nitrogen and oxygen atoms in total. The Morgan fingerprint density at radius 1 is 1.33 bits per heavy atom. The second kappa shape index (κ2) is 4.99. The van der Waals surface area contributed by atoms with Crippen LogP contribution < -0.4 is 10.6 Å². The highest BCUT2D eigenvalue weighted by molar-refractivity contribution is 9.10. The Labute approximate surface area is 99.6 Å². The monoisotopic (exact) mass is 268 g/mol. The van der Waals surface area contributed by atoms with Gasteiger partial charge in [-0.2, -0.15) is 0 Å². The van der Waals surface area contributed by atoms with Gasteiger partial charge in [0.25, 0.3) is 0 Å². The molecule has 0 unspecified atom stereocenters. The molecule has 3 heteroatoms. The summed E-state index contributed by atoms with van der Waals surface area (Å²) in [6, 6.07) is 7.13. The number of aryl methyl sites for hydroxylation is 1. The lowest BCUT2D eigenvalue weighted by molar-refractivity contribution is 0.701. The maximum Gasteiger partial charge on any atom is 0.0381 e. The number of anilines is 1. The molecule has 2 N–H and O–H groups in total. The molecule has 0 aromatic heterocycles. The highest BCUT2D eigenvalue weighted by atomic mass is 79.9. The zero-order chi connectivity index (χ0) is 10.7. The summed E-state index contributed by atoms with van der Waals surface area (Å²) in [5.74, 6) is 0. The third kappa shape index (κ3) is 3.50. The second-order valence-electron chi connectivity index (χ2n) is 4.11. The number of benzene rings is 1. The summed E-state index contributed by atoms with van der Waals surface area (Å²) < 4.78 is 1.13. The van der Waals surface area contributed by atoms with Crippen LogP contribution in [0.3, 0.4) is 0 Å². The number of rotatable bonds is 5. The van der Waals surface area contributed by atoms with Crippen molar-refractivity contribution in [3.05, 3.63) is 28.2 Å². The van der Waals surface area contributed by atoms with Crippen LogP contribution in [0.2, 0.25) is 0 Å². The summed E-state index contributed by atoms with van der Waals surface area (Å²) in [5.41, 5.74) is 2.52. The highest BCUT2D eigenvalue weighted by Gasteiger charge is 2.19. The highest BCUT2D eigenvalue weighted by Crippen LogP contribution is 2.20. The van der Waals surface area contributed by atoms with E-state index in [1.165, 1.54) is 24.1 Å². The van der Waals surface area contributed by atoms with Gasteiger partial charge in [0.2, 0.25) is 0 Å². The lowest BCUT2D eigenvalue weighted by Gasteiger charge is -2.10. The molecule has 0 atom stereocenters. The molecule has 1 aromatic carbocycles. The van der Waals surface area contributed by atoms with Crippen LogP contribution in [0.25, 0.3) is 0 Å². The first-order chi connectivity index (χ1) is 7.25. The van der Waals surface area contributed by atoms with Gasteiger partial charge >= 0.3 is 0 Å². The molecule has 0 bridgehead atoms. The maximum absolute atomic E-state index is 3.49. The Hall–Kier alpha value is -0.540. The minimum Gasteiger partial charge on any atom is -0.384 e. The van der Waals surface area contributed by atoms with E-state index in [1.54, 1.807) is 0 Å². The van der Waals surface area contributed by atoms with E-state index in [-0.39, 0.29) is 0 Å². The molecule has 0 spiro atoms. The van der Waals surface area contributed by atoms with Gasteiger partial charge in [-0.15, -0.1) is 0 Å². The number of hydrogen-bond donors (Lipinski definition) is 2. The molecule has 1 saturated carbocycles. The zero-order valence-corrected chi connectivity index (χ0v) is 10.6. The summed E-state index contributed by atoms with van der Waals surface area (Å²) in [6.45, 7) is 4.17. The van der Waals surface area contributed by atoms with Crippen LogP contribution in [0.5, 0.6) is 0 Å². The Morgan fingerprint density at radius 2 is 2.13 bits per heavy atom. The van der Waals surface area contributed by atoms with Crippen LogP contribution in [0.4, 0.5) is 5.69 Å². The van der Waals surface area contributed by atoms with Crippen molar-refractivity contribution < 1.29 is 0 Å². The van der Waals surface area contributed by atoms with E-state index >= 15 is 0 Å². The Balaban J connectivity index is 1.78. The molecule has 1 aliphatic rings. The molecule has 1 aliphatic carbocycles. The molecule has 0 amide bonds. The summed E-state index contributed by atoms with van der Waals surface area (Å²) in [7, 11) is 0. The molecule has 0 aliphatic heterocycles. The van der Waals surface area contributed by atoms with Crippen molar-refractivity contribution in [2.75, 3.05) is 18.4 Å². The number of nitrogens with one attached hydrogen (secondary N) is 2. The molecular formula is C12H17BrN2. The Kier molecular flexibility index (Phi) is 3.65. The van der Waals surface area contributed by atoms with Crippen LogP contribution >= 0.6 is 15.9 Å². The summed E-state index contributed by atoms with van der Waals surface area (Å²) in [4.78, 5) is 0. The molecule has 0 radical (unpaired) electrons. The lowest BCUT2D eigenvalue weighted by atomic mass is 10.2. The standard InChI is InChI=1S/C12H17BrN2/c1-9-2-3-10(13)8-12(9)15-7-6-14-11-4-5-11/h2-3,8,11,14-15H,4-7H2,1H3. The second-order valence-corrected chi connectivity index (χ2v) is 5.03. The molecule has 0 saturated heterocycles. The average Bonchev–Trinajstić information content (AvgIpc) is 3.01. The number of halogens is 1. The van der Waals surface area contributed by atoms with Crippen molar-refractivity contribution in [1.29, 1.82) is 0 Å². The summed E-state index contributed by atoms with van der Waals surface area (Å²) in [5, 5.41) is 6.93. The fourth-order valence-corrected chi connectivity index (χ4v) is 1.91. The fourth-order valence-electron chi connectivity index (χ4n) is 1.55. The molecule has 15 heavy (non-hydrogen) atoms. The van der Waals surface area contributed by atoms with Crippen molar-refractivity contribution in [3.8, 4) is 0 Å². The van der Waals surface area contributed by atoms with Crippen molar-refractivity contribution in [2.24, 2.45) is 0 Å². The first-order valence-electron chi connectivity index (χ1n) is 5.49. The van der Waals surface area contributed by atoms with Gasteiger partial charge in [0.15, 0.2) is 0 Å². The van der Waals surface area contributed by atoms with E-state index < -0.39 is 0 Å². The van der Waals surface area contributed by atoms with Crippen LogP contribution in [-0.2, 0) is 0 Å². The van der Waals surface area contributed by atoms with E-state index in [2.05, 4.69) is 51.7 Å². The predicted molar refractivity (Wildman–Crippen MR) is 68.4 cm³/mol. The molecule has 82 valence electrons. The molecule has 1 aromatic rings. The molecule has 0 heterocycles. The van der Waals surface area contributed by atoms with Gasteiger partial charge in [0, 0.05) is 29.3 Å². The average molecular weight is 269 g/mol. The lowest BCUT2D eigenvalue weighted by Crippen LogP contribution is -2.24. The minimum absolute atomic E-state index is 0.801. The van der Waals surface area contributed by atoms with Gasteiger partial charge in [-0.1, -0.05) is 22.0 Å². The van der Waals surface area contributed by atoms with Crippen LogP contribution in [0.15, 0.2) is 22.7 Å². The van der Waals surface area contributed by atoms with E-state index in [9.17, 15) is 0 Å². The zero-order valence-electron chi connectivity index (χ0n) is 9.02. The topological polar surface area (TPSA) is 24.1 Å². The SMILES string of the molecule is Cc1ccc(Br)cc1NCCNC1CC1. The molecular weight excluding hydrogens is 252 g/mol. The van der Waals surface area contributed by atoms with Crippen LogP contribution in [0.1, 0.15) is 18.4 Å². The third-order valence-electron chi connectivity index (χ3n) is 2.65. The van der Waals surface area contributed by atoms with Gasteiger partial charge in [-0.25, -0.2) is 0 Å². The van der Waals surface area contributed by atoms with E-state index in [4.69, 9.17) is 0 Å². The largest absolute Gasteiger partial charge is 0.384 e. The predicted octanol–water partition coefficient (Wildman–Crippen LogP) is 2.92. The third-order valence-corrected chi connectivity index (χ3v) is 3.14.